The molecule has 0 amide bonds. The molecule has 7 heteroatoms. The number of hydrogen-bond acceptors (Lipinski definition) is 2. The van der Waals surface area contributed by atoms with E-state index in [2.05, 4.69) is 9.98 Å². The van der Waals surface area contributed by atoms with Crippen molar-refractivity contribution in [3.05, 3.63) is 28.8 Å². The summed E-state index contributed by atoms with van der Waals surface area (Å²) in [5.41, 5.74) is 16.7. The second-order valence-electron chi connectivity index (χ2n) is 2.94. The lowest BCUT2D eigenvalue weighted by Gasteiger charge is -2.03. The number of rotatable bonds is 2. The number of guanidine groups is 2. The number of halogens is 1. The van der Waals surface area contributed by atoms with Gasteiger partial charge in [0.25, 0.3) is 0 Å². The zero-order valence-corrected chi connectivity index (χ0v) is 9.15. The Morgan fingerprint density at radius 2 is 2.00 bits per heavy atom. The van der Waals surface area contributed by atoms with Crippen molar-refractivity contribution in [3.63, 3.8) is 0 Å². The lowest BCUT2D eigenvalue weighted by atomic mass is 10.2. The van der Waals surface area contributed by atoms with Crippen LogP contribution in [0.2, 0.25) is 5.02 Å². The first-order valence-corrected chi connectivity index (χ1v) is 4.74. The van der Waals surface area contributed by atoms with E-state index in [1.54, 1.807) is 18.2 Å². The first-order chi connectivity index (χ1) is 7.52. The van der Waals surface area contributed by atoms with Crippen LogP contribution in [-0.4, -0.2) is 17.0 Å². The van der Waals surface area contributed by atoms with E-state index in [1.807, 2.05) is 0 Å². The minimum atomic E-state index is -0.200. The molecule has 1 rings (SSSR count). The predicted molar refractivity (Wildman–Crippen MR) is 64.5 cm³/mol. The van der Waals surface area contributed by atoms with Gasteiger partial charge in [-0.05, 0) is 18.2 Å². The van der Waals surface area contributed by atoms with Crippen LogP contribution in [0.5, 0.6) is 0 Å². The summed E-state index contributed by atoms with van der Waals surface area (Å²) in [5.74, 6) is -0.266. The van der Waals surface area contributed by atoms with Gasteiger partial charge in [0.15, 0.2) is 5.96 Å². The maximum atomic E-state index is 9.08. The third-order valence-electron chi connectivity index (χ3n) is 1.69. The van der Waals surface area contributed by atoms with Gasteiger partial charge in [-0.25, -0.2) is 4.99 Å². The van der Waals surface area contributed by atoms with Gasteiger partial charge in [-0.1, -0.05) is 11.6 Å². The fourth-order valence-electron chi connectivity index (χ4n) is 1.07. The molecule has 86 valence electrons. The van der Waals surface area contributed by atoms with E-state index >= 15 is 0 Å². The summed E-state index contributed by atoms with van der Waals surface area (Å²) in [4.78, 5) is 7.50. The summed E-state index contributed by atoms with van der Waals surface area (Å²) < 4.78 is 0. The van der Waals surface area contributed by atoms with E-state index in [1.165, 1.54) is 0 Å². The predicted octanol–water partition coefficient (Wildman–Crippen LogP) is 0.0519. The second kappa shape index (κ2) is 5.34. The van der Waals surface area contributed by atoms with Gasteiger partial charge in [0.1, 0.15) is 0 Å². The molecule has 0 aromatic heterocycles. The molecule has 0 saturated carbocycles. The Morgan fingerprint density at radius 3 is 2.56 bits per heavy atom. The van der Waals surface area contributed by atoms with Gasteiger partial charge in [-0.3, -0.25) is 0 Å². The highest BCUT2D eigenvalue weighted by Crippen LogP contribution is 2.23. The Labute approximate surface area is 97.4 Å². The van der Waals surface area contributed by atoms with Gasteiger partial charge in [0.2, 0.25) is 5.96 Å². The van der Waals surface area contributed by atoms with Crippen LogP contribution in [-0.2, 0) is 6.61 Å². The summed E-state index contributed by atoms with van der Waals surface area (Å²) in [6.07, 6.45) is 0. The highest BCUT2D eigenvalue weighted by Gasteiger charge is 2.02. The summed E-state index contributed by atoms with van der Waals surface area (Å²) in [7, 11) is 0. The first kappa shape index (κ1) is 12.3. The Morgan fingerprint density at radius 1 is 1.31 bits per heavy atom. The molecule has 0 spiro atoms. The Kier molecular flexibility index (Phi) is 4.10. The fourth-order valence-corrected chi connectivity index (χ4v) is 1.27. The molecule has 0 radical (unpaired) electrons. The second-order valence-corrected chi connectivity index (χ2v) is 3.37. The van der Waals surface area contributed by atoms with Crippen molar-refractivity contribution in [1.29, 1.82) is 0 Å². The molecule has 0 atom stereocenters. The molecule has 0 aliphatic rings. The monoisotopic (exact) mass is 241 g/mol. The molecule has 1 aromatic rings. The molecule has 6 nitrogen and oxygen atoms in total. The van der Waals surface area contributed by atoms with Gasteiger partial charge >= 0.3 is 0 Å². The third-order valence-corrected chi connectivity index (χ3v) is 1.93. The van der Waals surface area contributed by atoms with Crippen molar-refractivity contribution in [1.82, 2.24) is 0 Å². The van der Waals surface area contributed by atoms with E-state index in [0.29, 0.717) is 16.3 Å². The van der Waals surface area contributed by atoms with Crippen molar-refractivity contribution in [3.8, 4) is 0 Å². The van der Waals surface area contributed by atoms with E-state index in [-0.39, 0.29) is 18.5 Å². The van der Waals surface area contributed by atoms with Gasteiger partial charge in [0, 0.05) is 10.6 Å². The Bertz CT molecular complexity index is 440. The zero-order chi connectivity index (χ0) is 12.1. The molecule has 7 N–H and O–H groups in total. The molecule has 16 heavy (non-hydrogen) atoms. The number of hydrogen-bond donors (Lipinski definition) is 4. The summed E-state index contributed by atoms with van der Waals surface area (Å²) in [6.45, 7) is -0.200. The highest BCUT2D eigenvalue weighted by atomic mass is 35.5. The lowest BCUT2D eigenvalue weighted by Crippen LogP contribution is -2.26. The van der Waals surface area contributed by atoms with Crippen molar-refractivity contribution in [2.75, 3.05) is 0 Å². The molecule has 0 aliphatic heterocycles. The van der Waals surface area contributed by atoms with Crippen LogP contribution >= 0.6 is 11.6 Å². The third kappa shape index (κ3) is 3.41. The van der Waals surface area contributed by atoms with E-state index in [9.17, 15) is 0 Å². The minimum absolute atomic E-state index is 0.0861. The zero-order valence-electron chi connectivity index (χ0n) is 8.39. The van der Waals surface area contributed by atoms with Crippen molar-refractivity contribution >= 4 is 29.2 Å². The van der Waals surface area contributed by atoms with Crippen molar-refractivity contribution in [2.24, 2.45) is 27.2 Å². The van der Waals surface area contributed by atoms with E-state index in [4.69, 9.17) is 33.9 Å². The largest absolute Gasteiger partial charge is 0.392 e. The number of benzene rings is 1. The van der Waals surface area contributed by atoms with Crippen LogP contribution in [0, 0.1) is 0 Å². The van der Waals surface area contributed by atoms with Gasteiger partial charge in [-0.15, -0.1) is 0 Å². The van der Waals surface area contributed by atoms with Gasteiger partial charge in [0.05, 0.1) is 12.3 Å². The van der Waals surface area contributed by atoms with Crippen LogP contribution in [0.15, 0.2) is 28.2 Å². The smallest absolute Gasteiger partial charge is 0.223 e. The number of nitrogens with zero attached hydrogens (tertiary/aromatic N) is 2. The molecule has 0 fully saturated rings. The maximum Gasteiger partial charge on any atom is 0.223 e. The first-order valence-electron chi connectivity index (χ1n) is 4.36. The minimum Gasteiger partial charge on any atom is -0.392 e. The molecular weight excluding hydrogens is 230 g/mol. The average Bonchev–Trinajstić information content (AvgIpc) is 2.19. The molecule has 0 heterocycles. The quantitative estimate of drug-likeness (QED) is 0.432. The number of aliphatic hydroxyl groups excluding tert-OH is 1. The average molecular weight is 242 g/mol. The standard InChI is InChI=1S/C9H12ClN5O/c10-6-1-2-7(5(3-6)4-16)14-9(13)15-8(11)12/h1-3,16H,4H2,(H6,11,12,13,14,15). The van der Waals surface area contributed by atoms with Crippen molar-refractivity contribution < 1.29 is 5.11 Å². The summed E-state index contributed by atoms with van der Waals surface area (Å²) >= 11 is 5.76. The molecule has 0 saturated heterocycles. The lowest BCUT2D eigenvalue weighted by molar-refractivity contribution is 0.282. The summed E-state index contributed by atoms with van der Waals surface area (Å²) in [6, 6.07) is 4.83. The summed E-state index contributed by atoms with van der Waals surface area (Å²) in [5, 5.41) is 9.59. The van der Waals surface area contributed by atoms with E-state index < -0.39 is 0 Å². The van der Waals surface area contributed by atoms with Crippen LogP contribution in [0.1, 0.15) is 5.56 Å². The molecular formula is C9H12ClN5O. The van der Waals surface area contributed by atoms with Gasteiger partial charge < -0.3 is 22.3 Å². The SMILES string of the molecule is NC(N)=NC(N)=Nc1ccc(Cl)cc1CO. The number of aliphatic imine (C=N–C) groups is 2. The van der Waals surface area contributed by atoms with Crippen LogP contribution < -0.4 is 17.2 Å². The highest BCUT2D eigenvalue weighted by molar-refractivity contribution is 6.30. The van der Waals surface area contributed by atoms with Crippen LogP contribution in [0.25, 0.3) is 0 Å². The Balaban J connectivity index is 3.09. The molecule has 0 aliphatic carbocycles. The maximum absolute atomic E-state index is 9.08. The Hall–Kier alpha value is -1.79. The normalized spacial score (nSPS) is 11.2. The van der Waals surface area contributed by atoms with Crippen molar-refractivity contribution in [2.45, 2.75) is 6.61 Å². The topological polar surface area (TPSA) is 123 Å². The molecule has 0 unspecified atom stereocenters. The number of nitrogens with two attached hydrogens (primary N) is 3. The van der Waals surface area contributed by atoms with E-state index in [0.717, 1.165) is 0 Å². The number of aliphatic hydroxyl groups is 1. The fraction of sp³-hybridized carbons (Fsp3) is 0.111. The molecule has 0 bridgehead atoms. The van der Waals surface area contributed by atoms with Crippen LogP contribution in [0.4, 0.5) is 5.69 Å². The van der Waals surface area contributed by atoms with Crippen LogP contribution in [0.3, 0.4) is 0 Å². The molecule has 1 aromatic carbocycles. The van der Waals surface area contributed by atoms with Gasteiger partial charge in [-0.2, -0.15) is 4.99 Å².